The zero-order chi connectivity index (χ0) is 29.2. The normalized spacial score (nSPS) is 27.5. The van der Waals surface area contributed by atoms with E-state index in [1.807, 2.05) is 48.5 Å². The fraction of sp³-hybridized carbons (Fsp3) is 0.394. The minimum Gasteiger partial charge on any atom is -0.497 e. The van der Waals surface area contributed by atoms with E-state index in [0.29, 0.717) is 11.8 Å². The number of nitrogens with zero attached hydrogens (tertiary/aromatic N) is 1. The smallest absolute Gasteiger partial charge is 0.497 e. The van der Waals surface area contributed by atoms with Gasteiger partial charge in [-0.2, -0.15) is 0 Å². The van der Waals surface area contributed by atoms with Crippen molar-refractivity contribution in [2.45, 2.75) is 49.3 Å². The molecule has 9 heteroatoms. The van der Waals surface area contributed by atoms with E-state index in [1.165, 1.54) is 0 Å². The van der Waals surface area contributed by atoms with Gasteiger partial charge in [-0.15, -0.1) is 0 Å². The maximum absolute atomic E-state index is 12.7. The van der Waals surface area contributed by atoms with Crippen molar-refractivity contribution in [1.82, 2.24) is 4.90 Å². The molecule has 2 aliphatic carbocycles. The summed E-state index contributed by atoms with van der Waals surface area (Å²) in [6.07, 6.45) is 3.45. The van der Waals surface area contributed by atoms with E-state index in [9.17, 15) is 14.7 Å². The summed E-state index contributed by atoms with van der Waals surface area (Å²) in [6.45, 7) is 2.05. The van der Waals surface area contributed by atoms with Crippen LogP contribution in [0.15, 0.2) is 60.7 Å². The van der Waals surface area contributed by atoms with Crippen molar-refractivity contribution in [3.63, 3.8) is 0 Å². The topological polar surface area (TPSA) is 104 Å². The Balaban J connectivity index is 1.02. The van der Waals surface area contributed by atoms with Crippen molar-refractivity contribution in [3.8, 4) is 17.2 Å². The first kappa shape index (κ1) is 26.8. The highest BCUT2D eigenvalue weighted by Gasteiger charge is 2.64. The molecular weight excluding hydrogens is 538 g/mol. The molecule has 9 nitrogen and oxygen atoms in total. The number of likely N-dealkylation sites (N-methyl/N-ethyl adjacent to an activating group) is 1. The Morgan fingerprint density at radius 3 is 2.74 bits per heavy atom. The van der Waals surface area contributed by atoms with Crippen molar-refractivity contribution >= 4 is 22.9 Å². The number of ether oxygens (including phenoxy) is 5. The second-order valence-electron chi connectivity index (χ2n) is 11.7. The van der Waals surface area contributed by atoms with Gasteiger partial charge in [0.05, 0.1) is 13.0 Å². The lowest BCUT2D eigenvalue weighted by atomic mass is 9.53. The van der Waals surface area contributed by atoms with Gasteiger partial charge in [-0.1, -0.05) is 42.5 Å². The predicted molar refractivity (Wildman–Crippen MR) is 153 cm³/mol. The molecule has 2 aliphatic heterocycles. The summed E-state index contributed by atoms with van der Waals surface area (Å²) in [5.41, 5.74) is 2.60. The molecule has 3 aromatic carbocycles. The summed E-state index contributed by atoms with van der Waals surface area (Å²) >= 11 is 0. The zero-order valence-corrected chi connectivity index (χ0v) is 23.7. The summed E-state index contributed by atoms with van der Waals surface area (Å²) in [5, 5.41) is 12.9. The average molecular weight is 572 g/mol. The van der Waals surface area contributed by atoms with Crippen molar-refractivity contribution in [2.24, 2.45) is 5.92 Å². The van der Waals surface area contributed by atoms with E-state index < -0.39 is 37.0 Å². The number of hydrogen-bond donors (Lipinski definition) is 1. The summed E-state index contributed by atoms with van der Waals surface area (Å²) in [4.78, 5) is 27.8. The molecule has 0 aromatic heterocycles. The number of rotatable bonds is 6. The number of aliphatic hydroxyl groups excluding tert-OH is 1. The first-order chi connectivity index (χ1) is 20.3. The first-order valence-corrected chi connectivity index (χ1v) is 14.3. The SMILES string of the molecule is COc1ccc2cc(C(C)C(=O)OCOC(=O)Oc3ccc4c5c3O[C@H]3[C@@H](O)C=CC6[C@@H](C4)N(C)CC[C@@]563)ccc2c1. The summed E-state index contributed by atoms with van der Waals surface area (Å²) in [7, 11) is 3.76. The largest absolute Gasteiger partial charge is 0.516 e. The van der Waals surface area contributed by atoms with Crippen molar-refractivity contribution in [3.05, 3.63) is 77.4 Å². The third-order valence-electron chi connectivity index (χ3n) is 9.63. The molecule has 2 bridgehead atoms. The number of hydrogen-bond acceptors (Lipinski definition) is 9. The van der Waals surface area contributed by atoms with Crippen LogP contribution in [0.2, 0.25) is 0 Å². The minimum atomic E-state index is -1.01. The summed E-state index contributed by atoms with van der Waals surface area (Å²) < 4.78 is 27.6. The van der Waals surface area contributed by atoms with Crippen LogP contribution in [-0.4, -0.2) is 67.9 Å². The van der Waals surface area contributed by atoms with Crippen LogP contribution < -0.4 is 14.2 Å². The molecule has 1 saturated heterocycles. The molecule has 1 fully saturated rings. The van der Waals surface area contributed by atoms with E-state index in [2.05, 4.69) is 18.0 Å². The monoisotopic (exact) mass is 571 g/mol. The van der Waals surface area contributed by atoms with Crippen molar-refractivity contribution in [2.75, 3.05) is 27.5 Å². The van der Waals surface area contributed by atoms with E-state index in [-0.39, 0.29) is 17.1 Å². The molecule has 0 saturated carbocycles. The fourth-order valence-corrected chi connectivity index (χ4v) is 7.46. The molecule has 2 unspecified atom stereocenters. The molecule has 218 valence electrons. The lowest BCUT2D eigenvalue weighted by Gasteiger charge is -2.56. The molecule has 3 aromatic rings. The van der Waals surface area contributed by atoms with Gasteiger partial charge >= 0.3 is 12.1 Å². The van der Waals surface area contributed by atoms with Crippen LogP contribution in [-0.2, 0) is 26.1 Å². The molecule has 42 heavy (non-hydrogen) atoms. The van der Waals surface area contributed by atoms with Crippen molar-refractivity contribution in [1.29, 1.82) is 0 Å². The Morgan fingerprint density at radius 1 is 1.10 bits per heavy atom. The highest BCUT2D eigenvalue weighted by atomic mass is 16.8. The Labute approximate surface area is 243 Å². The number of aliphatic hydroxyl groups is 1. The first-order valence-electron chi connectivity index (χ1n) is 14.3. The van der Waals surface area contributed by atoms with Gasteiger partial charge in [-0.05, 0) is 73.5 Å². The van der Waals surface area contributed by atoms with Gasteiger partial charge in [0.25, 0.3) is 0 Å². The number of carbonyl (C=O) groups excluding carboxylic acids is 2. The van der Waals surface area contributed by atoms with Gasteiger partial charge in [0, 0.05) is 22.9 Å². The van der Waals surface area contributed by atoms with Crippen LogP contribution in [0.3, 0.4) is 0 Å². The predicted octanol–water partition coefficient (Wildman–Crippen LogP) is 4.47. The van der Waals surface area contributed by atoms with Gasteiger partial charge in [-0.3, -0.25) is 4.79 Å². The van der Waals surface area contributed by atoms with E-state index in [0.717, 1.165) is 52.6 Å². The molecule has 0 radical (unpaired) electrons. The molecule has 2 heterocycles. The Morgan fingerprint density at radius 2 is 1.90 bits per heavy atom. The Kier molecular flexibility index (Phi) is 6.40. The molecular formula is C33H33NO8. The highest BCUT2D eigenvalue weighted by Crippen LogP contribution is 2.62. The number of carbonyl (C=O) groups is 2. The van der Waals surface area contributed by atoms with Crippen LogP contribution in [0.4, 0.5) is 4.79 Å². The zero-order valence-electron chi connectivity index (χ0n) is 23.7. The second-order valence-corrected chi connectivity index (χ2v) is 11.7. The van der Waals surface area contributed by atoms with Gasteiger partial charge in [0.1, 0.15) is 18.0 Å². The van der Waals surface area contributed by atoms with E-state index in [1.54, 1.807) is 20.1 Å². The molecule has 7 rings (SSSR count). The second kappa shape index (κ2) is 10.0. The number of esters is 1. The highest BCUT2D eigenvalue weighted by molar-refractivity contribution is 5.87. The standard InChI is InChI=1S/C33H33NO8/c1-18(19-4-5-21-15-23(38-3)8-6-20(21)14-19)31(36)39-17-40-32(37)41-27-11-7-22-16-25-24-9-10-26(35)30-33(24,12-13-34(25)2)28(22)29(27)42-30/h4-11,14-15,18,24-26,30,35H,12-13,16-17H2,1-3H3/t18?,24?,25-,26+,30+,33+/m1/s1. The Bertz CT molecular complexity index is 1620. The van der Waals surface area contributed by atoms with E-state index in [4.69, 9.17) is 23.7 Å². The van der Waals surface area contributed by atoms with Crippen LogP contribution in [0, 0.1) is 5.92 Å². The molecule has 6 atom stereocenters. The summed E-state index contributed by atoms with van der Waals surface area (Å²) in [5.74, 6) is 0.587. The lowest BCUT2D eigenvalue weighted by Crippen LogP contribution is -2.64. The van der Waals surface area contributed by atoms with Crippen LogP contribution >= 0.6 is 0 Å². The maximum Gasteiger partial charge on any atom is 0.516 e. The van der Waals surface area contributed by atoms with E-state index >= 15 is 0 Å². The molecule has 4 aliphatic rings. The number of benzene rings is 3. The van der Waals surface area contributed by atoms with Crippen LogP contribution in [0.1, 0.15) is 36.0 Å². The third kappa shape index (κ3) is 4.06. The quantitative estimate of drug-likeness (QED) is 0.199. The van der Waals surface area contributed by atoms with Crippen molar-refractivity contribution < 1.29 is 38.4 Å². The minimum absolute atomic E-state index is 0.201. The fourth-order valence-electron chi connectivity index (χ4n) is 7.46. The molecule has 0 amide bonds. The number of likely N-dealkylation sites (tertiary alicyclic amines) is 1. The average Bonchev–Trinajstić information content (AvgIpc) is 3.36. The lowest BCUT2D eigenvalue weighted by molar-refractivity contribution is -0.154. The van der Waals surface area contributed by atoms with Crippen LogP contribution in [0.5, 0.6) is 17.2 Å². The number of fused-ring (bicyclic) bond motifs is 1. The van der Waals surface area contributed by atoms with Gasteiger partial charge in [0.15, 0.2) is 11.5 Å². The third-order valence-corrected chi connectivity index (χ3v) is 9.63. The van der Waals surface area contributed by atoms with Gasteiger partial charge < -0.3 is 33.7 Å². The molecule has 1 spiro atoms. The van der Waals surface area contributed by atoms with Gasteiger partial charge in [0.2, 0.25) is 6.79 Å². The molecule has 1 N–H and O–H groups in total. The summed E-state index contributed by atoms with van der Waals surface area (Å²) in [6, 6.07) is 15.4. The van der Waals surface area contributed by atoms with Gasteiger partial charge in [-0.25, -0.2) is 4.79 Å². The van der Waals surface area contributed by atoms with Crippen LogP contribution in [0.25, 0.3) is 10.8 Å². The number of methoxy groups -OCH3 is 1. The number of piperidine rings is 1. The Hall–Kier alpha value is -4.08. The maximum atomic E-state index is 12.7.